The largest absolute Gasteiger partial charge is 0.463 e. The summed E-state index contributed by atoms with van der Waals surface area (Å²) >= 11 is 0. The van der Waals surface area contributed by atoms with Crippen LogP contribution in [0.1, 0.15) is 70.6 Å². The molecule has 3 aromatic rings. The molecule has 0 saturated carbocycles. The van der Waals surface area contributed by atoms with Crippen molar-refractivity contribution in [1.82, 2.24) is 10.4 Å². The maximum absolute atomic E-state index is 14.0. The van der Waals surface area contributed by atoms with Crippen LogP contribution in [0.25, 0.3) is 4.85 Å². The van der Waals surface area contributed by atoms with Crippen molar-refractivity contribution in [2.75, 3.05) is 20.8 Å². The zero-order chi connectivity index (χ0) is 38.1. The summed E-state index contributed by atoms with van der Waals surface area (Å²) in [5.41, 5.74) is 1.56. The standard InChI is InChI=1S/C40H50N4O8P/c1-29(2)41-26-17-27-49-53(43-30(3)4)52-44(28-31(5)37(45)42-38(44)46)36-25-24-35(50-36)40(47-6,48-7)51-39(32-18-11-8-12-19-32,33-20-13-9-14-21-33)34-22-15-10-16-23-34/h8-16,18-23,28-30,35-36,43H,17,24-25,27H2,1-7H3/q+1/p+1/t35-,36+,44?,53?/m0/s1. The fourth-order valence-corrected chi connectivity index (χ4v) is 7.74. The first-order chi connectivity index (χ1) is 25.5. The van der Waals surface area contributed by atoms with Crippen molar-refractivity contribution in [3.05, 3.63) is 124 Å². The highest BCUT2D eigenvalue weighted by Crippen LogP contribution is 2.49. The number of urea groups is 1. The predicted molar refractivity (Wildman–Crippen MR) is 202 cm³/mol. The number of hydrogen-bond donors (Lipinski definition) is 2. The van der Waals surface area contributed by atoms with Crippen LogP contribution in [0.15, 0.2) is 103 Å². The topological polar surface area (TPSA) is 118 Å². The summed E-state index contributed by atoms with van der Waals surface area (Å²) in [6.45, 7) is 9.69. The molecule has 0 aromatic heterocycles. The van der Waals surface area contributed by atoms with Gasteiger partial charge in [-0.2, -0.15) is 0 Å². The highest BCUT2D eigenvalue weighted by Gasteiger charge is 2.61. The summed E-state index contributed by atoms with van der Waals surface area (Å²) < 4.78 is 38.4. The van der Waals surface area contributed by atoms with Crippen LogP contribution in [0, 0.1) is 6.07 Å². The second-order valence-corrected chi connectivity index (χ2v) is 14.6. The molecule has 12 nitrogen and oxygen atoms in total. The van der Waals surface area contributed by atoms with E-state index in [4.69, 9.17) is 28.1 Å². The van der Waals surface area contributed by atoms with Gasteiger partial charge < -0.3 is 23.5 Å². The Labute approximate surface area is 313 Å². The van der Waals surface area contributed by atoms with Crippen molar-refractivity contribution in [3.8, 4) is 6.07 Å². The molecular weight excluding hydrogens is 695 g/mol. The van der Waals surface area contributed by atoms with E-state index in [-0.39, 0.29) is 24.3 Å². The Balaban J connectivity index is 1.55. The highest BCUT2D eigenvalue weighted by atomic mass is 31.2. The second-order valence-electron chi connectivity index (χ2n) is 13.4. The monoisotopic (exact) mass is 746 g/mol. The third kappa shape index (κ3) is 8.93. The predicted octanol–water partition coefficient (Wildman–Crippen LogP) is 7.72. The molecule has 2 aliphatic rings. The van der Waals surface area contributed by atoms with E-state index in [2.05, 4.69) is 21.3 Å². The number of methoxy groups -OCH3 is 2. The van der Waals surface area contributed by atoms with Crippen molar-refractivity contribution >= 4 is 20.5 Å². The Kier molecular flexibility index (Phi) is 13.7. The molecule has 0 bridgehead atoms. The van der Waals surface area contributed by atoms with Crippen LogP contribution in [0.4, 0.5) is 4.79 Å². The number of nitrogens with zero attached hydrogens (tertiary/aromatic N) is 2. The lowest BCUT2D eigenvalue weighted by Gasteiger charge is -2.45. The SMILES string of the molecule is COC(OC)(OC(c1ccccc1)(c1ccccc1)c1ccccc1)[C@@H]1CC[C@H]([N+]2(OP(NC(C)C)OCCC#[N+]C(C)C)C=C(C)C(=O)NC2=O)O1. The minimum absolute atomic E-state index is 0.0589. The van der Waals surface area contributed by atoms with Crippen molar-refractivity contribution in [3.63, 3.8) is 0 Å². The molecule has 3 aromatic carbocycles. The van der Waals surface area contributed by atoms with Gasteiger partial charge in [0.25, 0.3) is 18.0 Å². The number of carbonyl (C=O) groups is 2. The number of rotatable bonds is 16. The number of ether oxygens (including phenoxy) is 4. The Bertz CT molecular complexity index is 1670. The Morgan fingerprint density at radius 3 is 1.94 bits per heavy atom. The van der Waals surface area contributed by atoms with Crippen molar-refractivity contribution < 1.29 is 42.3 Å². The summed E-state index contributed by atoms with van der Waals surface area (Å²) in [5, 5.41) is 5.75. The lowest BCUT2D eigenvalue weighted by atomic mass is 9.80. The van der Waals surface area contributed by atoms with E-state index in [1.165, 1.54) is 20.4 Å². The van der Waals surface area contributed by atoms with Gasteiger partial charge in [-0.25, -0.2) is 15.2 Å². The maximum Gasteiger partial charge on any atom is 0.463 e. The number of carbonyl (C=O) groups excluding carboxylic acids is 2. The van der Waals surface area contributed by atoms with Crippen molar-refractivity contribution in [1.29, 1.82) is 0 Å². The van der Waals surface area contributed by atoms with Gasteiger partial charge in [0.1, 0.15) is 24.3 Å². The van der Waals surface area contributed by atoms with Gasteiger partial charge in [-0.05, 0) is 48.5 Å². The highest BCUT2D eigenvalue weighted by molar-refractivity contribution is 7.44. The molecule has 5 rings (SSSR count). The average molecular weight is 747 g/mol. The molecule has 1 fully saturated rings. The molecule has 2 N–H and O–H groups in total. The van der Waals surface area contributed by atoms with Gasteiger partial charge >= 0.3 is 20.5 Å². The molecule has 0 spiro atoms. The second kappa shape index (κ2) is 18.0. The summed E-state index contributed by atoms with van der Waals surface area (Å²) in [7, 11) is 1.11. The quantitative estimate of drug-likeness (QED) is 0.0500. The summed E-state index contributed by atoms with van der Waals surface area (Å²) in [5.74, 6) is -2.32. The van der Waals surface area contributed by atoms with Crippen LogP contribution < -0.4 is 10.4 Å². The molecule has 13 heteroatoms. The molecule has 53 heavy (non-hydrogen) atoms. The molecule has 282 valence electrons. The molecule has 0 radical (unpaired) electrons. The number of imide groups is 1. The summed E-state index contributed by atoms with van der Waals surface area (Å²) in [4.78, 5) is 31.0. The molecular formula is C40H51N4O8P+2. The van der Waals surface area contributed by atoms with Gasteiger partial charge in [-0.1, -0.05) is 95.8 Å². The lowest BCUT2D eigenvalue weighted by Crippen LogP contribution is -2.63. The first-order valence-corrected chi connectivity index (χ1v) is 19.0. The van der Waals surface area contributed by atoms with Crippen LogP contribution >= 0.6 is 8.53 Å². The van der Waals surface area contributed by atoms with E-state index in [1.807, 2.05) is 119 Å². The molecule has 2 aliphatic heterocycles. The smallest absolute Gasteiger partial charge is 0.329 e. The van der Waals surface area contributed by atoms with E-state index in [0.717, 1.165) is 16.7 Å². The summed E-state index contributed by atoms with van der Waals surface area (Å²) in [6, 6.07) is 31.9. The third-order valence-electron chi connectivity index (χ3n) is 8.85. The van der Waals surface area contributed by atoms with Crippen molar-refractivity contribution in [2.24, 2.45) is 0 Å². The van der Waals surface area contributed by atoms with Gasteiger partial charge in [0.2, 0.25) is 6.23 Å². The maximum atomic E-state index is 14.0. The number of hydrogen-bond acceptors (Lipinski definition) is 9. The lowest BCUT2D eigenvalue weighted by molar-refractivity contribution is -1.01. The van der Waals surface area contributed by atoms with Crippen LogP contribution in [-0.2, 0) is 38.5 Å². The molecule has 3 amide bonds. The van der Waals surface area contributed by atoms with E-state index in [9.17, 15) is 9.59 Å². The normalized spacial score (nSPS) is 21.3. The molecule has 4 atom stereocenters. The zero-order valence-corrected chi connectivity index (χ0v) is 32.4. The van der Waals surface area contributed by atoms with Gasteiger partial charge in [0.05, 0.1) is 12.2 Å². The van der Waals surface area contributed by atoms with Crippen molar-refractivity contribution in [2.45, 2.75) is 89.9 Å². The first-order valence-electron chi connectivity index (χ1n) is 17.9. The average Bonchev–Trinajstić information content (AvgIpc) is 3.67. The fraction of sp³-hybridized carbons (Fsp3) is 0.425. The minimum Gasteiger partial charge on any atom is -0.329 e. The van der Waals surface area contributed by atoms with Crippen LogP contribution in [0.3, 0.4) is 0 Å². The van der Waals surface area contributed by atoms with E-state index < -0.39 is 49.0 Å². The van der Waals surface area contributed by atoms with Gasteiger partial charge in [0, 0.05) is 40.5 Å². The van der Waals surface area contributed by atoms with Gasteiger partial charge in [0.15, 0.2) is 0 Å². The Morgan fingerprint density at radius 1 is 0.906 bits per heavy atom. The van der Waals surface area contributed by atoms with E-state index >= 15 is 0 Å². The van der Waals surface area contributed by atoms with Crippen LogP contribution in [0.2, 0.25) is 0 Å². The van der Waals surface area contributed by atoms with E-state index in [0.29, 0.717) is 19.3 Å². The Hall–Kier alpha value is -3.86. The van der Waals surface area contributed by atoms with E-state index in [1.54, 1.807) is 6.92 Å². The minimum atomic E-state index is -1.89. The summed E-state index contributed by atoms with van der Waals surface area (Å²) in [6.07, 6.45) is 0.730. The number of amides is 3. The van der Waals surface area contributed by atoms with Crippen LogP contribution in [-0.4, -0.2) is 67.8 Å². The van der Waals surface area contributed by atoms with Gasteiger partial charge in [-0.15, -0.1) is 4.62 Å². The number of quaternary nitrogens is 1. The zero-order valence-electron chi connectivity index (χ0n) is 31.5. The molecule has 1 saturated heterocycles. The Morgan fingerprint density at radius 2 is 1.45 bits per heavy atom. The van der Waals surface area contributed by atoms with Gasteiger partial charge in [-0.3, -0.25) is 4.79 Å². The fourth-order valence-electron chi connectivity index (χ4n) is 6.42. The number of nitrogens with one attached hydrogen (secondary N) is 2. The number of hydroxylamine groups is 3. The van der Waals surface area contributed by atoms with Crippen LogP contribution in [0.5, 0.6) is 0 Å². The molecule has 2 heterocycles. The third-order valence-corrected chi connectivity index (χ3v) is 10.4. The molecule has 2 unspecified atom stereocenters. The number of benzene rings is 3. The molecule has 0 aliphatic carbocycles. The first kappa shape index (κ1) is 40.3.